The Morgan fingerprint density at radius 3 is 1.94 bits per heavy atom. The van der Waals surface area contributed by atoms with Gasteiger partial charge in [-0.1, -0.05) is 74.5 Å². The average molecular weight is 713 g/mol. The number of carbonyl (C=O) groups excluding carboxylic acids is 4. The van der Waals surface area contributed by atoms with Crippen molar-refractivity contribution in [1.29, 1.82) is 0 Å². The van der Waals surface area contributed by atoms with Gasteiger partial charge in [0.25, 0.3) is 0 Å². The molecule has 2 aromatic carbocycles. The lowest BCUT2D eigenvalue weighted by atomic mass is 9.83. The number of Topliss-reactive ketones (excluding diaryl/α,β-unsaturated/α-hetero) is 1. The van der Waals surface area contributed by atoms with E-state index in [2.05, 4.69) is 10.6 Å². The molecule has 14 heteroatoms. The van der Waals surface area contributed by atoms with Crippen molar-refractivity contribution in [2.24, 2.45) is 23.7 Å². The quantitative estimate of drug-likeness (QED) is 0.156. The molecule has 0 spiro atoms. The lowest BCUT2D eigenvalue weighted by Gasteiger charge is -2.28. The van der Waals surface area contributed by atoms with Gasteiger partial charge >= 0.3 is 17.9 Å². The van der Waals surface area contributed by atoms with Gasteiger partial charge in [0.2, 0.25) is 11.8 Å². The predicted octanol–water partition coefficient (Wildman–Crippen LogP) is 2.86. The van der Waals surface area contributed by atoms with Crippen molar-refractivity contribution >= 4 is 45.3 Å². The van der Waals surface area contributed by atoms with Crippen molar-refractivity contribution in [2.45, 2.75) is 71.1 Å². The molecule has 0 saturated carbocycles. The second-order valence-corrected chi connectivity index (χ2v) is 14.9. The molecule has 0 fully saturated rings. The molecule has 0 bridgehead atoms. The summed E-state index contributed by atoms with van der Waals surface area (Å²) in [6, 6.07) is 14.0. The van der Waals surface area contributed by atoms with Gasteiger partial charge in [0.15, 0.2) is 15.6 Å². The van der Waals surface area contributed by atoms with E-state index in [4.69, 9.17) is 4.74 Å². The van der Waals surface area contributed by atoms with Gasteiger partial charge in [0, 0.05) is 24.0 Å². The Morgan fingerprint density at radius 1 is 0.820 bits per heavy atom. The molecule has 4 atom stereocenters. The third kappa shape index (κ3) is 12.9. The largest absolute Gasteiger partial charge is 0.481 e. The van der Waals surface area contributed by atoms with Gasteiger partial charge in [0.1, 0.15) is 6.61 Å². The second-order valence-electron chi connectivity index (χ2n) is 13.0. The van der Waals surface area contributed by atoms with E-state index >= 15 is 0 Å². The van der Waals surface area contributed by atoms with E-state index < -0.39 is 100 Å². The van der Waals surface area contributed by atoms with E-state index in [1.807, 2.05) is 24.3 Å². The van der Waals surface area contributed by atoms with Crippen molar-refractivity contribution < 1.29 is 52.1 Å². The van der Waals surface area contributed by atoms with Crippen molar-refractivity contribution in [3.63, 3.8) is 0 Å². The van der Waals surface area contributed by atoms with Crippen LogP contribution in [0.5, 0.6) is 0 Å². The van der Waals surface area contributed by atoms with Crippen LogP contribution in [0.1, 0.15) is 56.2 Å². The minimum Gasteiger partial charge on any atom is -0.481 e. The molecule has 0 unspecified atom stereocenters. The SMILES string of the molecule is CC(C)[C@H](CC(=O)[C@@H](NC(=O)[C@H](CC(=O)O)CC(=O)OCc1ccccc1)C1Cc2ccccc2C1)C(=O)N[C@H](/C=C/S(C)(=O)=O)CC(=O)O. The van der Waals surface area contributed by atoms with Crippen LogP contribution in [0.3, 0.4) is 0 Å². The zero-order valence-electron chi connectivity index (χ0n) is 28.2. The summed E-state index contributed by atoms with van der Waals surface area (Å²) in [7, 11) is -3.62. The number of carbonyl (C=O) groups is 6. The van der Waals surface area contributed by atoms with E-state index in [1.165, 1.54) is 0 Å². The van der Waals surface area contributed by atoms with Crippen LogP contribution in [-0.2, 0) is 62.8 Å². The third-order valence-corrected chi connectivity index (χ3v) is 9.14. The fourth-order valence-corrected chi connectivity index (χ4v) is 6.36. The smallest absolute Gasteiger partial charge is 0.306 e. The highest BCUT2D eigenvalue weighted by atomic mass is 32.2. The number of rotatable bonds is 19. The fraction of sp³-hybridized carbons (Fsp3) is 0.444. The first-order chi connectivity index (χ1) is 23.5. The maximum atomic E-state index is 14.1. The molecule has 2 aromatic rings. The Labute approximate surface area is 291 Å². The van der Waals surface area contributed by atoms with Gasteiger partial charge in [0.05, 0.1) is 37.3 Å². The van der Waals surface area contributed by atoms with Gasteiger partial charge in [-0.3, -0.25) is 28.8 Å². The number of sulfone groups is 1. The normalized spacial score (nSPS) is 15.4. The second kappa shape index (κ2) is 18.2. The molecular formula is C36H44N2O11S. The highest BCUT2D eigenvalue weighted by molar-refractivity contribution is 7.93. The van der Waals surface area contributed by atoms with Crippen LogP contribution >= 0.6 is 0 Å². The number of ketones is 1. The number of amides is 2. The Balaban J connectivity index is 1.83. The van der Waals surface area contributed by atoms with Crippen molar-refractivity contribution in [1.82, 2.24) is 10.6 Å². The van der Waals surface area contributed by atoms with Crippen LogP contribution in [0.25, 0.3) is 0 Å². The summed E-state index contributed by atoms with van der Waals surface area (Å²) in [6.45, 7) is 3.32. The molecule has 50 heavy (non-hydrogen) atoms. The third-order valence-electron chi connectivity index (χ3n) is 8.49. The Morgan fingerprint density at radius 2 is 1.40 bits per heavy atom. The van der Waals surface area contributed by atoms with E-state index in [1.54, 1.807) is 44.2 Å². The molecule has 0 heterocycles. The standard InChI is InChI=1S/C36H44N2O11S/c1-22(2)29(36(46)37-28(19-32(42)43)13-14-50(3,47)48)20-30(39)34(26-15-24-11-7-8-12-25(24)16-26)38-35(45)27(17-31(40)41)18-33(44)49-21-23-9-5-4-6-10-23/h4-14,22,26-29,34H,15-21H2,1-3H3,(H,37,46)(H,38,45)(H,40,41)(H,42,43)/b14-13+/t27-,28-,29+,34+/m1/s1. The van der Waals surface area contributed by atoms with Crippen LogP contribution in [-0.4, -0.2) is 72.5 Å². The van der Waals surface area contributed by atoms with Gasteiger partial charge in [-0.25, -0.2) is 8.42 Å². The topological polar surface area (TPSA) is 210 Å². The molecule has 0 radical (unpaired) electrons. The minimum absolute atomic E-state index is 0.0709. The number of aliphatic carboxylic acids is 2. The van der Waals surface area contributed by atoms with E-state index in [0.29, 0.717) is 18.4 Å². The number of fused-ring (bicyclic) bond motifs is 1. The maximum absolute atomic E-state index is 14.1. The lowest BCUT2D eigenvalue weighted by Crippen LogP contribution is -2.50. The monoisotopic (exact) mass is 712 g/mol. The summed E-state index contributed by atoms with van der Waals surface area (Å²) >= 11 is 0. The van der Waals surface area contributed by atoms with Gasteiger partial charge in [-0.05, 0) is 41.4 Å². The van der Waals surface area contributed by atoms with E-state index in [0.717, 1.165) is 28.9 Å². The first-order valence-electron chi connectivity index (χ1n) is 16.2. The summed E-state index contributed by atoms with van der Waals surface area (Å²) in [6.07, 6.45) is 0.626. The molecule has 0 aliphatic heterocycles. The molecule has 4 N–H and O–H groups in total. The molecule has 3 rings (SSSR count). The number of esters is 1. The molecular weight excluding hydrogens is 668 g/mol. The summed E-state index contributed by atoms with van der Waals surface area (Å²) in [4.78, 5) is 77.1. The Kier molecular flexibility index (Phi) is 14.4. The summed E-state index contributed by atoms with van der Waals surface area (Å²) in [5.74, 6) is -8.61. The van der Waals surface area contributed by atoms with Gasteiger partial charge in [-0.2, -0.15) is 0 Å². The van der Waals surface area contributed by atoms with Crippen molar-refractivity contribution in [3.8, 4) is 0 Å². The molecule has 2 amide bonds. The molecule has 1 aliphatic carbocycles. The van der Waals surface area contributed by atoms with Crippen LogP contribution in [0, 0.1) is 23.7 Å². The first kappa shape index (κ1) is 39.6. The van der Waals surface area contributed by atoms with Crippen LogP contribution in [0.2, 0.25) is 0 Å². The van der Waals surface area contributed by atoms with E-state index in [-0.39, 0.29) is 13.0 Å². The number of benzene rings is 2. The fourth-order valence-electron chi connectivity index (χ4n) is 5.88. The number of hydrogen-bond acceptors (Lipinski definition) is 9. The lowest BCUT2D eigenvalue weighted by molar-refractivity contribution is -0.150. The first-order valence-corrected chi connectivity index (χ1v) is 18.2. The Hall–Kier alpha value is -4.85. The molecule has 0 saturated heterocycles. The summed E-state index contributed by atoms with van der Waals surface area (Å²) in [5.41, 5.74) is 2.66. The highest BCUT2D eigenvalue weighted by Crippen LogP contribution is 2.31. The Bertz CT molecular complexity index is 1660. The number of hydrogen-bond donors (Lipinski definition) is 4. The van der Waals surface area contributed by atoms with Crippen LogP contribution < -0.4 is 10.6 Å². The zero-order valence-corrected chi connectivity index (χ0v) is 29.1. The number of nitrogens with one attached hydrogen (secondary N) is 2. The number of ether oxygens (including phenoxy) is 1. The zero-order chi connectivity index (χ0) is 37.0. The summed E-state index contributed by atoms with van der Waals surface area (Å²) < 4.78 is 28.6. The average Bonchev–Trinajstić information content (AvgIpc) is 3.47. The summed E-state index contributed by atoms with van der Waals surface area (Å²) in [5, 5.41) is 24.9. The predicted molar refractivity (Wildman–Crippen MR) is 182 cm³/mol. The molecule has 13 nitrogen and oxygen atoms in total. The minimum atomic E-state index is -3.62. The van der Waals surface area contributed by atoms with Crippen LogP contribution in [0.15, 0.2) is 66.1 Å². The number of carboxylic acid groups (broad SMARTS) is 2. The maximum Gasteiger partial charge on any atom is 0.306 e. The molecule has 1 aliphatic rings. The van der Waals surface area contributed by atoms with Gasteiger partial charge < -0.3 is 25.6 Å². The number of carboxylic acids is 2. The van der Waals surface area contributed by atoms with Gasteiger partial charge in [-0.15, -0.1) is 0 Å². The highest BCUT2D eigenvalue weighted by Gasteiger charge is 2.39. The van der Waals surface area contributed by atoms with Crippen LogP contribution in [0.4, 0.5) is 0 Å². The van der Waals surface area contributed by atoms with Crippen molar-refractivity contribution in [3.05, 3.63) is 82.8 Å². The van der Waals surface area contributed by atoms with E-state index in [9.17, 15) is 47.4 Å². The van der Waals surface area contributed by atoms with Crippen molar-refractivity contribution in [2.75, 3.05) is 6.26 Å². The molecule has 270 valence electrons. The molecule has 0 aromatic heterocycles.